The van der Waals surface area contributed by atoms with Crippen molar-refractivity contribution in [2.75, 3.05) is 26.4 Å². The van der Waals surface area contributed by atoms with E-state index in [2.05, 4.69) is 5.32 Å². The van der Waals surface area contributed by atoms with E-state index >= 15 is 0 Å². The van der Waals surface area contributed by atoms with Gasteiger partial charge in [0.25, 0.3) is 0 Å². The number of benzene rings is 1. The summed E-state index contributed by atoms with van der Waals surface area (Å²) in [4.78, 5) is 0. The first-order valence-corrected chi connectivity index (χ1v) is 6.51. The Morgan fingerprint density at radius 3 is 2.78 bits per heavy atom. The molecule has 102 valence electrons. The number of nitrogens with one attached hydrogen (secondary N) is 1. The second-order valence-electron chi connectivity index (χ2n) is 3.92. The first kappa shape index (κ1) is 14.8. The second-order valence-corrected chi connectivity index (χ2v) is 3.92. The van der Waals surface area contributed by atoms with Crippen molar-refractivity contribution < 1.29 is 14.6 Å². The Bertz CT molecular complexity index is 342. The molecule has 1 rings (SSSR count). The lowest BCUT2D eigenvalue weighted by molar-refractivity contribution is 0.144. The maximum atomic E-state index is 9.97. The van der Waals surface area contributed by atoms with Gasteiger partial charge in [0.2, 0.25) is 0 Å². The lowest BCUT2D eigenvalue weighted by Gasteiger charge is -2.10. The molecule has 0 fully saturated rings. The van der Waals surface area contributed by atoms with E-state index in [0.29, 0.717) is 18.9 Å². The van der Waals surface area contributed by atoms with Crippen LogP contribution in [0.25, 0.3) is 0 Å². The van der Waals surface area contributed by atoms with Crippen LogP contribution in [-0.4, -0.2) is 31.5 Å². The van der Waals surface area contributed by atoms with Gasteiger partial charge in [-0.3, -0.25) is 0 Å². The summed E-state index contributed by atoms with van der Waals surface area (Å²) in [5.41, 5.74) is 0.859. The highest BCUT2D eigenvalue weighted by molar-refractivity contribution is 5.45. The zero-order chi connectivity index (χ0) is 13.2. The number of hydrogen-bond acceptors (Lipinski definition) is 4. The fourth-order valence-electron chi connectivity index (χ4n) is 1.65. The van der Waals surface area contributed by atoms with Crippen LogP contribution in [0.15, 0.2) is 18.2 Å². The zero-order valence-corrected chi connectivity index (χ0v) is 11.2. The summed E-state index contributed by atoms with van der Waals surface area (Å²) in [6, 6.07) is 5.56. The molecule has 0 radical (unpaired) electrons. The Balaban J connectivity index is 2.35. The van der Waals surface area contributed by atoms with Gasteiger partial charge in [-0.25, -0.2) is 0 Å². The van der Waals surface area contributed by atoms with Gasteiger partial charge in [-0.05, 0) is 32.9 Å². The third-order valence-corrected chi connectivity index (χ3v) is 2.54. The molecule has 1 aromatic carbocycles. The summed E-state index contributed by atoms with van der Waals surface area (Å²) < 4.78 is 10.6. The van der Waals surface area contributed by atoms with Crippen LogP contribution in [0, 0.1) is 0 Å². The number of phenols is 1. The van der Waals surface area contributed by atoms with E-state index in [1.165, 1.54) is 0 Å². The van der Waals surface area contributed by atoms with Gasteiger partial charge in [0.15, 0.2) is 11.5 Å². The number of phenolic OH excluding ortho intramolecular Hbond substituents is 1. The van der Waals surface area contributed by atoms with Gasteiger partial charge in [0.05, 0.1) is 6.61 Å². The summed E-state index contributed by atoms with van der Waals surface area (Å²) >= 11 is 0. The third kappa shape index (κ3) is 4.94. The molecule has 0 aliphatic carbocycles. The van der Waals surface area contributed by atoms with Crippen molar-refractivity contribution in [1.82, 2.24) is 5.32 Å². The number of para-hydroxylation sites is 1. The van der Waals surface area contributed by atoms with Crippen LogP contribution < -0.4 is 10.1 Å². The maximum Gasteiger partial charge on any atom is 0.162 e. The molecule has 0 spiro atoms. The van der Waals surface area contributed by atoms with Gasteiger partial charge < -0.3 is 19.9 Å². The van der Waals surface area contributed by atoms with Gasteiger partial charge in [0.1, 0.15) is 0 Å². The number of aromatic hydroxyl groups is 1. The summed E-state index contributed by atoms with van der Waals surface area (Å²) in [6.07, 6.45) is 0.972. The molecule has 1 aromatic rings. The van der Waals surface area contributed by atoms with E-state index < -0.39 is 0 Å². The van der Waals surface area contributed by atoms with Gasteiger partial charge in [-0.1, -0.05) is 12.1 Å². The normalized spacial score (nSPS) is 10.6. The van der Waals surface area contributed by atoms with E-state index in [1.54, 1.807) is 6.07 Å². The minimum Gasteiger partial charge on any atom is -0.504 e. The van der Waals surface area contributed by atoms with E-state index in [9.17, 15) is 5.11 Å². The SMILES string of the molecule is CCOCCCNCc1cccc(OCC)c1O. The van der Waals surface area contributed by atoms with Gasteiger partial charge in [-0.2, -0.15) is 0 Å². The molecule has 0 amide bonds. The zero-order valence-electron chi connectivity index (χ0n) is 11.2. The van der Waals surface area contributed by atoms with Crippen LogP contribution in [0.5, 0.6) is 11.5 Å². The molecule has 2 N–H and O–H groups in total. The lowest BCUT2D eigenvalue weighted by atomic mass is 10.2. The fourth-order valence-corrected chi connectivity index (χ4v) is 1.65. The monoisotopic (exact) mass is 253 g/mol. The summed E-state index contributed by atoms with van der Waals surface area (Å²) in [6.45, 7) is 7.49. The van der Waals surface area contributed by atoms with E-state index in [1.807, 2.05) is 26.0 Å². The molecular weight excluding hydrogens is 230 g/mol. The van der Waals surface area contributed by atoms with Crippen LogP contribution in [-0.2, 0) is 11.3 Å². The summed E-state index contributed by atoms with van der Waals surface area (Å²) in [5.74, 6) is 0.780. The minimum absolute atomic E-state index is 0.233. The minimum atomic E-state index is 0.233. The molecule has 0 aromatic heterocycles. The highest BCUT2D eigenvalue weighted by Gasteiger charge is 2.06. The van der Waals surface area contributed by atoms with Crippen molar-refractivity contribution in [3.63, 3.8) is 0 Å². The molecule has 0 aliphatic heterocycles. The fraction of sp³-hybridized carbons (Fsp3) is 0.571. The maximum absolute atomic E-state index is 9.97. The van der Waals surface area contributed by atoms with Gasteiger partial charge in [0, 0.05) is 25.3 Å². The molecule has 0 heterocycles. The molecule has 4 heteroatoms. The standard InChI is InChI=1S/C14H23NO3/c1-3-17-10-6-9-15-11-12-7-5-8-13(14(12)16)18-4-2/h5,7-8,15-16H,3-4,6,9-11H2,1-2H3. The Morgan fingerprint density at radius 2 is 2.06 bits per heavy atom. The molecule has 4 nitrogen and oxygen atoms in total. The molecule has 0 saturated carbocycles. The summed E-state index contributed by atoms with van der Waals surface area (Å²) in [5, 5.41) is 13.2. The summed E-state index contributed by atoms with van der Waals surface area (Å²) in [7, 11) is 0. The first-order valence-electron chi connectivity index (χ1n) is 6.51. The third-order valence-electron chi connectivity index (χ3n) is 2.54. The molecule has 0 saturated heterocycles. The molecule has 18 heavy (non-hydrogen) atoms. The second kappa shape index (κ2) is 8.78. The molecule has 0 unspecified atom stereocenters. The van der Waals surface area contributed by atoms with Crippen LogP contribution in [0.4, 0.5) is 0 Å². The van der Waals surface area contributed by atoms with E-state index in [0.717, 1.165) is 31.7 Å². The van der Waals surface area contributed by atoms with Gasteiger partial charge >= 0.3 is 0 Å². The number of hydrogen-bond donors (Lipinski definition) is 2. The van der Waals surface area contributed by atoms with Crippen molar-refractivity contribution in [3.8, 4) is 11.5 Å². The molecule has 0 aliphatic rings. The van der Waals surface area contributed by atoms with Crippen molar-refractivity contribution in [3.05, 3.63) is 23.8 Å². The lowest BCUT2D eigenvalue weighted by Crippen LogP contribution is -2.16. The van der Waals surface area contributed by atoms with Crippen LogP contribution in [0.1, 0.15) is 25.8 Å². The number of ether oxygens (including phenoxy) is 2. The smallest absolute Gasteiger partial charge is 0.162 e. The Hall–Kier alpha value is -1.26. The van der Waals surface area contributed by atoms with Crippen LogP contribution in [0.2, 0.25) is 0 Å². The van der Waals surface area contributed by atoms with Crippen molar-refractivity contribution >= 4 is 0 Å². The average molecular weight is 253 g/mol. The predicted molar refractivity (Wildman–Crippen MR) is 72.1 cm³/mol. The van der Waals surface area contributed by atoms with E-state index in [4.69, 9.17) is 9.47 Å². The van der Waals surface area contributed by atoms with Crippen LogP contribution >= 0.6 is 0 Å². The van der Waals surface area contributed by atoms with Gasteiger partial charge in [-0.15, -0.1) is 0 Å². The predicted octanol–water partition coefficient (Wildman–Crippen LogP) is 2.31. The number of rotatable bonds is 9. The quantitative estimate of drug-likeness (QED) is 0.663. The average Bonchev–Trinajstić information content (AvgIpc) is 2.38. The highest BCUT2D eigenvalue weighted by atomic mass is 16.5. The Kier molecular flexibility index (Phi) is 7.22. The van der Waals surface area contributed by atoms with Crippen molar-refractivity contribution in [2.45, 2.75) is 26.8 Å². The molecular formula is C14H23NO3. The first-order chi connectivity index (χ1) is 8.79. The Labute approximate surface area is 109 Å². The highest BCUT2D eigenvalue weighted by Crippen LogP contribution is 2.29. The van der Waals surface area contributed by atoms with Crippen molar-refractivity contribution in [2.24, 2.45) is 0 Å². The topological polar surface area (TPSA) is 50.7 Å². The molecule has 0 bridgehead atoms. The Morgan fingerprint density at radius 1 is 1.22 bits per heavy atom. The van der Waals surface area contributed by atoms with E-state index in [-0.39, 0.29) is 5.75 Å². The molecule has 0 atom stereocenters. The largest absolute Gasteiger partial charge is 0.504 e. The van der Waals surface area contributed by atoms with Crippen LogP contribution in [0.3, 0.4) is 0 Å². The van der Waals surface area contributed by atoms with Crippen molar-refractivity contribution in [1.29, 1.82) is 0 Å².